The number of aromatic hydroxyl groups is 2. The number of rotatable bonds is 3. The van der Waals surface area contributed by atoms with E-state index in [-0.39, 0.29) is 27.9 Å². The summed E-state index contributed by atoms with van der Waals surface area (Å²) in [5.41, 5.74) is -0.652. The molecule has 2 N–H and O–H groups in total. The molecule has 2 heterocycles. The first-order chi connectivity index (χ1) is 14.2. The van der Waals surface area contributed by atoms with Gasteiger partial charge in [-0.15, -0.1) is 0 Å². The van der Waals surface area contributed by atoms with Crippen molar-refractivity contribution in [3.05, 3.63) is 70.1 Å². The third kappa shape index (κ3) is 3.39. The van der Waals surface area contributed by atoms with Crippen LogP contribution in [-0.2, 0) is 9.05 Å². The first-order valence-corrected chi connectivity index (χ1v) is 11.0. The van der Waals surface area contributed by atoms with Crippen LogP contribution in [0.15, 0.2) is 69.0 Å². The van der Waals surface area contributed by atoms with Gasteiger partial charge >= 0.3 is 0 Å². The molecule has 0 saturated heterocycles. The van der Waals surface area contributed by atoms with Crippen LogP contribution < -0.4 is 5.43 Å². The maximum atomic E-state index is 12.8. The zero-order valence-corrected chi connectivity index (χ0v) is 17.2. The first-order valence-electron chi connectivity index (χ1n) is 8.35. The Labute approximate surface area is 179 Å². The number of halogens is 2. The van der Waals surface area contributed by atoms with Crippen LogP contribution in [0.5, 0.6) is 11.5 Å². The largest absolute Gasteiger partial charge is 0.507 e. The van der Waals surface area contributed by atoms with Gasteiger partial charge in [0.25, 0.3) is 9.05 Å². The van der Waals surface area contributed by atoms with E-state index in [2.05, 4.69) is 4.98 Å². The van der Waals surface area contributed by atoms with Gasteiger partial charge in [-0.2, -0.15) is 0 Å². The smallest absolute Gasteiger partial charge is 0.263 e. The standard InChI is InChI=1S/C20H11Cl2NO6S/c21-12-4-2-1-3-10(12)16-8-15(26)19-14(25)7-13(24)18(20(19)29-16)11-5-6-23-9-17(11)30(22,27)28/h1-9,24-25H. The Balaban J connectivity index is 2.18. The van der Waals surface area contributed by atoms with Gasteiger partial charge in [0.05, 0.1) is 10.6 Å². The number of fused-ring (bicyclic) bond motifs is 1. The van der Waals surface area contributed by atoms with Crippen LogP contribution >= 0.6 is 22.3 Å². The van der Waals surface area contributed by atoms with Crippen LogP contribution in [0.1, 0.15) is 0 Å². The fraction of sp³-hybridized carbons (Fsp3) is 0. The van der Waals surface area contributed by atoms with Gasteiger partial charge in [0.1, 0.15) is 27.5 Å². The van der Waals surface area contributed by atoms with Gasteiger partial charge in [-0.1, -0.05) is 23.7 Å². The second-order valence-electron chi connectivity index (χ2n) is 6.26. The van der Waals surface area contributed by atoms with Gasteiger partial charge in [-0.3, -0.25) is 9.78 Å². The molecule has 152 valence electrons. The van der Waals surface area contributed by atoms with Gasteiger partial charge in [-0.25, -0.2) is 8.42 Å². The molecule has 0 unspecified atom stereocenters. The van der Waals surface area contributed by atoms with Crippen LogP contribution in [0.4, 0.5) is 0 Å². The highest BCUT2D eigenvalue weighted by Gasteiger charge is 2.25. The van der Waals surface area contributed by atoms with Crippen LogP contribution in [0, 0.1) is 0 Å². The highest BCUT2D eigenvalue weighted by Crippen LogP contribution is 2.43. The molecular formula is C20H11Cl2NO6S. The zero-order chi connectivity index (χ0) is 21.6. The Bertz CT molecular complexity index is 1480. The normalized spacial score (nSPS) is 11.7. The molecule has 0 spiro atoms. The summed E-state index contributed by atoms with van der Waals surface area (Å²) < 4.78 is 29.9. The van der Waals surface area contributed by atoms with Crippen LogP contribution in [0.2, 0.25) is 5.02 Å². The van der Waals surface area contributed by atoms with E-state index in [1.165, 1.54) is 12.3 Å². The molecule has 0 bridgehead atoms. The van der Waals surface area contributed by atoms with Crippen LogP contribution in [0.3, 0.4) is 0 Å². The van der Waals surface area contributed by atoms with E-state index in [0.717, 1.165) is 18.3 Å². The van der Waals surface area contributed by atoms with Crippen molar-refractivity contribution in [2.75, 3.05) is 0 Å². The van der Waals surface area contributed by atoms with Crippen molar-refractivity contribution in [2.24, 2.45) is 0 Å². The van der Waals surface area contributed by atoms with Crippen molar-refractivity contribution in [1.29, 1.82) is 0 Å². The monoisotopic (exact) mass is 463 g/mol. The van der Waals surface area contributed by atoms with Gasteiger partial charge in [-0.05, 0) is 18.2 Å². The summed E-state index contributed by atoms with van der Waals surface area (Å²) >= 11 is 6.20. The predicted molar refractivity (Wildman–Crippen MR) is 113 cm³/mol. The Morgan fingerprint density at radius 2 is 1.73 bits per heavy atom. The lowest BCUT2D eigenvalue weighted by Crippen LogP contribution is -2.03. The minimum atomic E-state index is -4.26. The summed E-state index contributed by atoms with van der Waals surface area (Å²) in [6, 6.07) is 9.97. The van der Waals surface area contributed by atoms with Crippen LogP contribution in [0.25, 0.3) is 33.4 Å². The van der Waals surface area contributed by atoms with Gasteiger partial charge in [0, 0.05) is 46.3 Å². The molecular weight excluding hydrogens is 453 g/mol. The molecule has 2 aromatic carbocycles. The van der Waals surface area contributed by atoms with E-state index in [0.29, 0.717) is 10.6 Å². The van der Waals surface area contributed by atoms with Crippen molar-refractivity contribution in [1.82, 2.24) is 4.98 Å². The number of benzene rings is 2. The lowest BCUT2D eigenvalue weighted by molar-refractivity contribution is 0.453. The molecule has 7 nitrogen and oxygen atoms in total. The summed E-state index contributed by atoms with van der Waals surface area (Å²) in [6.45, 7) is 0. The molecule has 10 heteroatoms. The number of phenols is 2. The van der Waals surface area contributed by atoms with Crippen molar-refractivity contribution >= 4 is 42.3 Å². The second kappa shape index (κ2) is 7.32. The maximum Gasteiger partial charge on any atom is 0.263 e. The Morgan fingerprint density at radius 3 is 2.43 bits per heavy atom. The highest BCUT2D eigenvalue weighted by atomic mass is 35.7. The van der Waals surface area contributed by atoms with E-state index in [4.69, 9.17) is 26.7 Å². The highest BCUT2D eigenvalue weighted by molar-refractivity contribution is 8.13. The van der Waals surface area contributed by atoms with E-state index >= 15 is 0 Å². The maximum absolute atomic E-state index is 12.8. The summed E-state index contributed by atoms with van der Waals surface area (Å²) in [4.78, 5) is 16.1. The van der Waals surface area contributed by atoms with E-state index in [1.54, 1.807) is 24.3 Å². The number of pyridine rings is 1. The minimum Gasteiger partial charge on any atom is -0.507 e. The molecule has 0 atom stereocenters. The topological polar surface area (TPSA) is 118 Å². The average Bonchev–Trinajstić information content (AvgIpc) is 2.67. The fourth-order valence-electron chi connectivity index (χ4n) is 3.14. The number of phenolic OH excluding ortho intramolecular Hbond substituents is 2. The van der Waals surface area contributed by atoms with Crippen LogP contribution in [-0.4, -0.2) is 23.6 Å². The molecule has 0 saturated carbocycles. The molecule has 0 aliphatic carbocycles. The third-order valence-corrected chi connectivity index (χ3v) is 6.10. The zero-order valence-electron chi connectivity index (χ0n) is 14.8. The van der Waals surface area contributed by atoms with Crippen molar-refractivity contribution in [3.8, 4) is 33.9 Å². The van der Waals surface area contributed by atoms with Gasteiger partial charge in [0.15, 0.2) is 11.0 Å². The van der Waals surface area contributed by atoms with E-state index < -0.39 is 30.9 Å². The van der Waals surface area contributed by atoms with Crippen molar-refractivity contribution < 1.29 is 23.0 Å². The number of nitrogens with zero attached hydrogens (tertiary/aromatic N) is 1. The third-order valence-electron chi connectivity index (χ3n) is 4.42. The number of aromatic nitrogens is 1. The Hall–Kier alpha value is -3.07. The SMILES string of the molecule is O=c1cc(-c2ccccc2Cl)oc2c(-c3ccncc3S(=O)(=O)Cl)c(O)cc(O)c12. The molecule has 0 fully saturated rings. The lowest BCUT2D eigenvalue weighted by Gasteiger charge is -2.13. The molecule has 0 aliphatic rings. The fourth-order valence-corrected chi connectivity index (χ4v) is 4.35. The lowest BCUT2D eigenvalue weighted by atomic mass is 10.0. The Kier molecular flexibility index (Phi) is 4.93. The average molecular weight is 464 g/mol. The molecule has 30 heavy (non-hydrogen) atoms. The van der Waals surface area contributed by atoms with Crippen molar-refractivity contribution in [2.45, 2.75) is 4.90 Å². The summed E-state index contributed by atoms with van der Waals surface area (Å²) in [5.74, 6) is -0.990. The van der Waals surface area contributed by atoms with Crippen molar-refractivity contribution in [3.63, 3.8) is 0 Å². The molecule has 0 aliphatic heterocycles. The first kappa shape index (κ1) is 20.2. The summed E-state index contributed by atoms with van der Waals surface area (Å²) in [5, 5.41) is 20.8. The van der Waals surface area contributed by atoms with E-state index in [1.807, 2.05) is 0 Å². The summed E-state index contributed by atoms with van der Waals surface area (Å²) in [7, 11) is 1.26. The molecule has 2 aromatic heterocycles. The quantitative estimate of drug-likeness (QED) is 0.428. The second-order valence-corrected chi connectivity index (χ2v) is 9.20. The predicted octanol–water partition coefficient (Wildman–Crippen LogP) is 4.51. The number of hydrogen-bond donors (Lipinski definition) is 2. The molecule has 0 radical (unpaired) electrons. The molecule has 4 rings (SSSR count). The number of hydrogen-bond acceptors (Lipinski definition) is 7. The summed E-state index contributed by atoms with van der Waals surface area (Å²) in [6.07, 6.45) is 2.29. The van der Waals surface area contributed by atoms with Gasteiger partial charge in [0.2, 0.25) is 0 Å². The Morgan fingerprint density at radius 1 is 1.00 bits per heavy atom. The minimum absolute atomic E-state index is 0.0537. The molecule has 0 amide bonds. The van der Waals surface area contributed by atoms with E-state index in [9.17, 15) is 23.4 Å². The van der Waals surface area contributed by atoms with Gasteiger partial charge < -0.3 is 14.6 Å². The molecule has 4 aromatic rings.